The van der Waals surface area contributed by atoms with Gasteiger partial charge in [0, 0.05) is 18.4 Å². The molecule has 1 aromatic carbocycles. The molecule has 0 saturated heterocycles. The van der Waals surface area contributed by atoms with E-state index in [4.69, 9.17) is 11.6 Å². The zero-order valence-electron chi connectivity index (χ0n) is 14.9. The molecule has 0 bridgehead atoms. The molecule has 0 aliphatic heterocycles. The van der Waals surface area contributed by atoms with E-state index in [0.717, 1.165) is 36.3 Å². The summed E-state index contributed by atoms with van der Waals surface area (Å²) in [7, 11) is 1.96. The average Bonchev–Trinajstić information content (AvgIpc) is 2.59. The van der Waals surface area contributed by atoms with Crippen LogP contribution in [0.5, 0.6) is 0 Å². The lowest BCUT2D eigenvalue weighted by molar-refractivity contribution is 1.00. The molecule has 1 aliphatic rings. The van der Waals surface area contributed by atoms with E-state index in [1.165, 1.54) is 16.8 Å². The topological polar surface area (TPSA) is 36.8 Å². The van der Waals surface area contributed by atoms with Crippen molar-refractivity contribution in [2.45, 2.75) is 45.4 Å². The molecule has 0 fully saturated rings. The van der Waals surface area contributed by atoms with Crippen molar-refractivity contribution in [3.63, 3.8) is 0 Å². The van der Waals surface area contributed by atoms with Crippen LogP contribution < -0.4 is 5.32 Å². The number of allylic oxidation sites excluding steroid dienone is 4. The van der Waals surface area contributed by atoms with Gasteiger partial charge in [0.1, 0.15) is 0 Å². The van der Waals surface area contributed by atoms with Crippen molar-refractivity contribution >= 4 is 28.7 Å². The highest BCUT2D eigenvalue weighted by atomic mass is 35.5. The first kappa shape index (κ1) is 18.5. The summed E-state index contributed by atoms with van der Waals surface area (Å²) in [5.74, 6) is 0. The van der Waals surface area contributed by atoms with E-state index in [-0.39, 0.29) is 5.38 Å². The third-order valence-electron chi connectivity index (χ3n) is 4.25. The molecule has 1 aromatic rings. The molecule has 128 valence electrons. The van der Waals surface area contributed by atoms with Gasteiger partial charge in [-0.15, -0.1) is 11.6 Å². The number of rotatable bonds is 6. The fourth-order valence-electron chi connectivity index (χ4n) is 2.70. The number of alkyl halides is 1. The lowest BCUT2D eigenvalue weighted by Gasteiger charge is -2.12. The number of hydrogen-bond donors (Lipinski definition) is 1. The maximum absolute atomic E-state index is 6.05. The predicted octanol–water partition coefficient (Wildman–Crippen LogP) is 5.30. The summed E-state index contributed by atoms with van der Waals surface area (Å²) in [5.41, 5.74) is 6.93. The summed E-state index contributed by atoms with van der Waals surface area (Å²) < 4.78 is 0. The van der Waals surface area contributed by atoms with Crippen LogP contribution >= 0.6 is 11.6 Å². The van der Waals surface area contributed by atoms with E-state index in [9.17, 15) is 0 Å². The maximum atomic E-state index is 6.05. The zero-order valence-corrected chi connectivity index (χ0v) is 15.7. The molecular weight excluding hydrogens is 318 g/mol. The van der Waals surface area contributed by atoms with E-state index in [1.54, 1.807) is 0 Å². The number of nitrogens with one attached hydrogen (secondary N) is 1. The average molecular weight is 344 g/mol. The van der Waals surface area contributed by atoms with Crippen LogP contribution in [0.15, 0.2) is 52.2 Å². The minimum atomic E-state index is 0.0993. The summed E-state index contributed by atoms with van der Waals surface area (Å²) >= 11 is 6.05. The second kappa shape index (κ2) is 8.84. The molecule has 3 nitrogen and oxygen atoms in total. The van der Waals surface area contributed by atoms with Gasteiger partial charge in [-0.05, 0) is 62.8 Å². The van der Waals surface area contributed by atoms with Gasteiger partial charge in [0.2, 0.25) is 0 Å². The van der Waals surface area contributed by atoms with Gasteiger partial charge in [-0.2, -0.15) is 10.2 Å². The third kappa shape index (κ3) is 5.07. The molecular formula is C20H26ClN3. The molecule has 0 amide bonds. The number of hydrogen-bond acceptors (Lipinski definition) is 3. The van der Waals surface area contributed by atoms with Crippen LogP contribution in [-0.4, -0.2) is 23.8 Å². The van der Waals surface area contributed by atoms with Gasteiger partial charge >= 0.3 is 0 Å². The van der Waals surface area contributed by atoms with Crippen molar-refractivity contribution in [3.8, 4) is 0 Å². The van der Waals surface area contributed by atoms with Crippen molar-refractivity contribution in [1.82, 2.24) is 0 Å². The molecule has 2 rings (SSSR count). The van der Waals surface area contributed by atoms with Gasteiger partial charge in [0.15, 0.2) is 0 Å². The van der Waals surface area contributed by atoms with Crippen LogP contribution in [0.3, 0.4) is 0 Å². The highest BCUT2D eigenvalue weighted by Crippen LogP contribution is 2.21. The van der Waals surface area contributed by atoms with Crippen LogP contribution in [0, 0.1) is 6.92 Å². The van der Waals surface area contributed by atoms with Crippen molar-refractivity contribution in [2.75, 3.05) is 12.4 Å². The van der Waals surface area contributed by atoms with E-state index < -0.39 is 0 Å². The van der Waals surface area contributed by atoms with Crippen molar-refractivity contribution in [3.05, 3.63) is 53.1 Å². The molecule has 1 N–H and O–H groups in total. The summed E-state index contributed by atoms with van der Waals surface area (Å²) in [6.45, 7) is 6.17. The largest absolute Gasteiger partial charge is 0.388 e. The minimum absolute atomic E-state index is 0.0993. The zero-order chi connectivity index (χ0) is 17.5. The first-order chi connectivity index (χ1) is 11.5. The van der Waals surface area contributed by atoms with Gasteiger partial charge in [-0.25, -0.2) is 0 Å². The summed E-state index contributed by atoms with van der Waals surface area (Å²) in [4.78, 5) is 0. The molecule has 0 saturated carbocycles. The molecule has 0 radical (unpaired) electrons. The minimum Gasteiger partial charge on any atom is -0.388 e. The van der Waals surface area contributed by atoms with Gasteiger partial charge < -0.3 is 5.32 Å². The third-order valence-corrected chi connectivity index (χ3v) is 4.58. The van der Waals surface area contributed by atoms with Gasteiger partial charge in [-0.3, -0.25) is 0 Å². The fraction of sp³-hybridized carbons (Fsp3) is 0.400. The van der Waals surface area contributed by atoms with Gasteiger partial charge in [-0.1, -0.05) is 30.4 Å². The molecule has 0 heterocycles. The SMILES string of the molecule is CNc1cccc(C)c1CC/C(C)=N/N=C(\C)C1=CCC(Cl)C=C1. The first-order valence-corrected chi connectivity index (χ1v) is 8.81. The number of nitrogens with zero attached hydrogens (tertiary/aromatic N) is 2. The Morgan fingerprint density at radius 3 is 2.75 bits per heavy atom. The lowest BCUT2D eigenvalue weighted by Crippen LogP contribution is -2.04. The van der Waals surface area contributed by atoms with Crippen molar-refractivity contribution in [1.29, 1.82) is 0 Å². The number of benzene rings is 1. The molecule has 0 spiro atoms. The van der Waals surface area contributed by atoms with Gasteiger partial charge in [0.25, 0.3) is 0 Å². The maximum Gasteiger partial charge on any atom is 0.0668 e. The Balaban J connectivity index is 2.00. The van der Waals surface area contributed by atoms with E-state index in [0.29, 0.717) is 0 Å². The Hall–Kier alpha value is -1.87. The predicted molar refractivity (Wildman–Crippen MR) is 107 cm³/mol. The first-order valence-electron chi connectivity index (χ1n) is 8.38. The van der Waals surface area contributed by atoms with Crippen LogP contribution in [0.4, 0.5) is 5.69 Å². The van der Waals surface area contributed by atoms with E-state index in [1.807, 2.05) is 33.0 Å². The Kier molecular flexibility index (Phi) is 6.80. The number of aryl methyl sites for hydroxylation is 1. The monoisotopic (exact) mass is 343 g/mol. The van der Waals surface area contributed by atoms with Crippen LogP contribution in [-0.2, 0) is 6.42 Å². The fourth-order valence-corrected chi connectivity index (χ4v) is 2.87. The van der Waals surface area contributed by atoms with E-state index in [2.05, 4.69) is 46.7 Å². The smallest absolute Gasteiger partial charge is 0.0668 e. The highest BCUT2D eigenvalue weighted by molar-refractivity contribution is 6.22. The molecule has 0 aromatic heterocycles. The van der Waals surface area contributed by atoms with Crippen molar-refractivity contribution in [2.24, 2.45) is 10.2 Å². The van der Waals surface area contributed by atoms with Crippen molar-refractivity contribution < 1.29 is 0 Å². The Bertz CT molecular complexity index is 699. The van der Waals surface area contributed by atoms with E-state index >= 15 is 0 Å². The second-order valence-corrected chi connectivity index (χ2v) is 6.70. The van der Waals surface area contributed by atoms with Crippen LogP contribution in [0.2, 0.25) is 0 Å². The number of anilines is 1. The Labute approximate surface area is 150 Å². The summed E-state index contributed by atoms with van der Waals surface area (Å²) in [6, 6.07) is 6.34. The van der Waals surface area contributed by atoms with Crippen LogP contribution in [0.1, 0.15) is 37.8 Å². The Morgan fingerprint density at radius 1 is 1.29 bits per heavy atom. The molecule has 4 heteroatoms. The quantitative estimate of drug-likeness (QED) is 0.424. The van der Waals surface area contributed by atoms with Gasteiger partial charge in [0.05, 0.1) is 11.1 Å². The summed E-state index contributed by atoms with van der Waals surface area (Å²) in [5, 5.41) is 12.1. The second-order valence-electron chi connectivity index (χ2n) is 6.14. The molecule has 1 atom stereocenters. The molecule has 24 heavy (non-hydrogen) atoms. The molecule has 1 unspecified atom stereocenters. The number of halogens is 1. The normalized spacial score (nSPS) is 18.5. The molecule has 1 aliphatic carbocycles. The lowest BCUT2D eigenvalue weighted by atomic mass is 10.0. The summed E-state index contributed by atoms with van der Waals surface area (Å²) in [6.07, 6.45) is 8.86. The highest BCUT2D eigenvalue weighted by Gasteiger charge is 2.08. The Morgan fingerprint density at radius 2 is 2.08 bits per heavy atom. The standard InChI is InChI=1S/C20H26ClN3/c1-14-6-5-7-20(22-4)19(14)13-8-15(2)23-24-16(3)17-9-11-18(21)12-10-17/h5-7,9-11,18,22H,8,12-13H2,1-4H3/b23-15+,24-16+. The van der Waals surface area contributed by atoms with Crippen LogP contribution in [0.25, 0.3) is 0 Å².